The van der Waals surface area contributed by atoms with E-state index >= 15 is 0 Å². The summed E-state index contributed by atoms with van der Waals surface area (Å²) in [6.45, 7) is 14.4. The number of fused-ring (bicyclic) bond motifs is 2. The summed E-state index contributed by atoms with van der Waals surface area (Å²) in [5.74, 6) is 0.788. The molecule has 1 aliphatic heterocycles. The molecule has 3 fully saturated rings. The summed E-state index contributed by atoms with van der Waals surface area (Å²) in [7, 11) is 0. The molecule has 3 rings (SSSR count). The highest BCUT2D eigenvalue weighted by Gasteiger charge is 2.61. The van der Waals surface area contributed by atoms with E-state index in [0.29, 0.717) is 24.7 Å². The molecule has 0 spiro atoms. The van der Waals surface area contributed by atoms with E-state index in [2.05, 4.69) is 39.5 Å². The highest BCUT2D eigenvalue weighted by Crippen LogP contribution is 2.66. The third-order valence-electron chi connectivity index (χ3n) is 7.17. The molecule has 0 aromatic rings. The minimum atomic E-state index is -0.404. The summed E-state index contributed by atoms with van der Waals surface area (Å²) in [6.07, 6.45) is 4.18. The van der Waals surface area contributed by atoms with Crippen molar-refractivity contribution in [2.24, 2.45) is 16.7 Å². The lowest BCUT2D eigenvalue weighted by atomic mass is 9.70. The van der Waals surface area contributed by atoms with Crippen molar-refractivity contribution in [2.45, 2.75) is 78.3 Å². The molecule has 3 aliphatic rings. The SMILES string of the molecule is C[C@@H]1CN(C[C@H](O)CO[C@@H]2C[C@H]3CC[C@@]2(C)C3(C)C)C[C@@H](C)O1. The molecule has 2 saturated carbocycles. The number of ether oxygens (including phenoxy) is 2. The summed E-state index contributed by atoms with van der Waals surface area (Å²) in [5.41, 5.74) is 0.650. The van der Waals surface area contributed by atoms with E-state index in [1.54, 1.807) is 0 Å². The second-order valence-corrected chi connectivity index (χ2v) is 9.06. The standard InChI is InChI=1S/C19H35NO3/c1-13-9-20(10-14(2)23-13)11-16(21)12-22-17-8-15-6-7-19(17,5)18(15,3)4/h13-17,21H,6-12H2,1-5H3/t13-,14-,15-,16+,17-,19-/m1/s1. The number of β-amino-alcohol motifs (C(OH)–C–C–N with tert-alkyl or cyclic N) is 1. The Morgan fingerprint density at radius 1 is 1.22 bits per heavy atom. The van der Waals surface area contributed by atoms with Crippen LogP contribution in [-0.2, 0) is 9.47 Å². The van der Waals surface area contributed by atoms with E-state index in [1.165, 1.54) is 19.3 Å². The van der Waals surface area contributed by atoms with Crippen LogP contribution in [-0.4, -0.2) is 60.7 Å². The van der Waals surface area contributed by atoms with Crippen molar-refractivity contribution < 1.29 is 14.6 Å². The van der Waals surface area contributed by atoms with Gasteiger partial charge in [-0.05, 0) is 49.9 Å². The third kappa shape index (κ3) is 3.20. The third-order valence-corrected chi connectivity index (χ3v) is 7.17. The zero-order chi connectivity index (χ0) is 16.8. The van der Waals surface area contributed by atoms with Crippen LogP contribution in [0.2, 0.25) is 0 Å². The van der Waals surface area contributed by atoms with Gasteiger partial charge in [0.15, 0.2) is 0 Å². The number of hydrogen-bond acceptors (Lipinski definition) is 4. The van der Waals surface area contributed by atoms with Crippen molar-refractivity contribution in [3.05, 3.63) is 0 Å². The Morgan fingerprint density at radius 2 is 1.87 bits per heavy atom. The van der Waals surface area contributed by atoms with E-state index < -0.39 is 6.10 Å². The summed E-state index contributed by atoms with van der Waals surface area (Å²) in [6, 6.07) is 0. The van der Waals surface area contributed by atoms with Crippen LogP contribution >= 0.6 is 0 Å². The van der Waals surface area contributed by atoms with Gasteiger partial charge in [-0.15, -0.1) is 0 Å². The van der Waals surface area contributed by atoms with Crippen LogP contribution in [0, 0.1) is 16.7 Å². The monoisotopic (exact) mass is 325 g/mol. The first-order valence-corrected chi connectivity index (χ1v) is 9.40. The average molecular weight is 325 g/mol. The van der Waals surface area contributed by atoms with Gasteiger partial charge in [-0.25, -0.2) is 0 Å². The van der Waals surface area contributed by atoms with Crippen LogP contribution in [0.15, 0.2) is 0 Å². The molecule has 0 amide bonds. The predicted octanol–water partition coefficient (Wildman–Crippen LogP) is 2.69. The molecule has 134 valence electrons. The number of rotatable bonds is 5. The van der Waals surface area contributed by atoms with E-state index in [0.717, 1.165) is 19.0 Å². The number of nitrogens with zero attached hydrogens (tertiary/aromatic N) is 1. The smallest absolute Gasteiger partial charge is 0.0900 e. The fraction of sp³-hybridized carbons (Fsp3) is 1.00. The Morgan fingerprint density at radius 3 is 2.39 bits per heavy atom. The Bertz CT molecular complexity index is 417. The molecule has 1 N–H and O–H groups in total. The molecule has 0 aromatic carbocycles. The van der Waals surface area contributed by atoms with Crippen LogP contribution < -0.4 is 0 Å². The van der Waals surface area contributed by atoms with Gasteiger partial charge in [-0.1, -0.05) is 20.8 Å². The van der Waals surface area contributed by atoms with Crippen LogP contribution in [0.25, 0.3) is 0 Å². The fourth-order valence-electron chi connectivity index (χ4n) is 5.39. The van der Waals surface area contributed by atoms with E-state index in [9.17, 15) is 5.11 Å². The number of morpholine rings is 1. The van der Waals surface area contributed by atoms with Crippen molar-refractivity contribution in [1.29, 1.82) is 0 Å². The maximum Gasteiger partial charge on any atom is 0.0900 e. The molecule has 0 radical (unpaired) electrons. The van der Waals surface area contributed by atoms with Gasteiger partial charge in [0.05, 0.1) is 31.0 Å². The van der Waals surface area contributed by atoms with Gasteiger partial charge >= 0.3 is 0 Å². The summed E-state index contributed by atoms with van der Waals surface area (Å²) < 4.78 is 12.0. The lowest BCUT2D eigenvalue weighted by molar-refractivity contribution is -0.0996. The molecular weight excluding hydrogens is 290 g/mol. The first-order valence-electron chi connectivity index (χ1n) is 9.40. The Kier molecular flexibility index (Phi) is 4.83. The fourth-order valence-corrected chi connectivity index (χ4v) is 5.39. The van der Waals surface area contributed by atoms with Crippen molar-refractivity contribution in [1.82, 2.24) is 4.90 Å². The number of aliphatic hydroxyl groups is 1. The normalized spacial score (nSPS) is 44.6. The van der Waals surface area contributed by atoms with Gasteiger partial charge < -0.3 is 14.6 Å². The van der Waals surface area contributed by atoms with E-state index in [4.69, 9.17) is 9.47 Å². The largest absolute Gasteiger partial charge is 0.389 e. The zero-order valence-electron chi connectivity index (χ0n) is 15.5. The Hall–Kier alpha value is -0.160. The molecule has 4 nitrogen and oxygen atoms in total. The first kappa shape index (κ1) is 17.7. The second-order valence-electron chi connectivity index (χ2n) is 9.06. The maximum atomic E-state index is 10.4. The molecular formula is C19H35NO3. The van der Waals surface area contributed by atoms with Crippen LogP contribution in [0.1, 0.15) is 53.9 Å². The number of aliphatic hydroxyl groups excluding tert-OH is 1. The average Bonchev–Trinajstić information content (AvgIpc) is 2.76. The lowest BCUT2D eigenvalue weighted by Gasteiger charge is -2.39. The molecule has 23 heavy (non-hydrogen) atoms. The quantitative estimate of drug-likeness (QED) is 0.844. The molecule has 1 heterocycles. The Balaban J connectivity index is 1.48. The van der Waals surface area contributed by atoms with Crippen LogP contribution in [0.5, 0.6) is 0 Å². The summed E-state index contributed by atoms with van der Waals surface area (Å²) >= 11 is 0. The van der Waals surface area contributed by atoms with Crippen LogP contribution in [0.4, 0.5) is 0 Å². The molecule has 0 unspecified atom stereocenters. The van der Waals surface area contributed by atoms with Crippen molar-refractivity contribution >= 4 is 0 Å². The highest BCUT2D eigenvalue weighted by molar-refractivity contribution is 5.11. The van der Waals surface area contributed by atoms with Gasteiger partial charge in [0, 0.05) is 19.6 Å². The maximum absolute atomic E-state index is 10.4. The van der Waals surface area contributed by atoms with Gasteiger partial charge in [0.2, 0.25) is 0 Å². The summed E-state index contributed by atoms with van der Waals surface area (Å²) in [4.78, 5) is 2.30. The minimum Gasteiger partial charge on any atom is -0.389 e. The van der Waals surface area contributed by atoms with Crippen molar-refractivity contribution in [3.63, 3.8) is 0 Å². The van der Waals surface area contributed by atoms with Crippen molar-refractivity contribution in [3.8, 4) is 0 Å². The van der Waals surface area contributed by atoms with E-state index in [1.807, 2.05) is 0 Å². The Labute approximate surface area is 141 Å². The zero-order valence-corrected chi connectivity index (χ0v) is 15.5. The molecule has 0 aromatic heterocycles. The van der Waals surface area contributed by atoms with Gasteiger partial charge in [0.25, 0.3) is 0 Å². The molecule has 6 atom stereocenters. The van der Waals surface area contributed by atoms with Gasteiger partial charge in [0.1, 0.15) is 0 Å². The molecule has 1 saturated heterocycles. The topological polar surface area (TPSA) is 41.9 Å². The number of hydrogen-bond donors (Lipinski definition) is 1. The van der Waals surface area contributed by atoms with E-state index in [-0.39, 0.29) is 17.6 Å². The highest BCUT2D eigenvalue weighted by atomic mass is 16.5. The predicted molar refractivity (Wildman–Crippen MR) is 91.4 cm³/mol. The van der Waals surface area contributed by atoms with Gasteiger partial charge in [-0.2, -0.15) is 0 Å². The van der Waals surface area contributed by atoms with Crippen LogP contribution in [0.3, 0.4) is 0 Å². The first-order chi connectivity index (χ1) is 10.7. The molecule has 2 aliphatic carbocycles. The molecule has 4 heteroatoms. The van der Waals surface area contributed by atoms with Crippen molar-refractivity contribution in [2.75, 3.05) is 26.2 Å². The van der Waals surface area contributed by atoms with Gasteiger partial charge in [-0.3, -0.25) is 4.90 Å². The second kappa shape index (κ2) is 6.29. The molecule has 2 bridgehead atoms. The lowest BCUT2D eigenvalue weighted by Crippen LogP contribution is -2.49. The summed E-state index contributed by atoms with van der Waals surface area (Å²) in [5, 5.41) is 10.4. The minimum absolute atomic E-state index is 0.247.